The highest BCUT2D eigenvalue weighted by Crippen LogP contribution is 2.19. The molecular formula is C13H14O4. The van der Waals surface area contributed by atoms with Crippen molar-refractivity contribution in [2.24, 2.45) is 0 Å². The molecule has 0 aliphatic heterocycles. The average Bonchev–Trinajstić information content (AvgIpc) is 2.27. The van der Waals surface area contributed by atoms with Gasteiger partial charge in [0, 0.05) is 5.56 Å². The summed E-state index contributed by atoms with van der Waals surface area (Å²) in [6.07, 6.45) is 2.75. The molecule has 90 valence electrons. The van der Waals surface area contributed by atoms with Crippen LogP contribution in [0.3, 0.4) is 0 Å². The lowest BCUT2D eigenvalue weighted by molar-refractivity contribution is -0.123. The molecule has 4 heteroatoms. The first-order chi connectivity index (χ1) is 8.02. The normalized spacial score (nSPS) is 10.7. The summed E-state index contributed by atoms with van der Waals surface area (Å²) >= 11 is 0. The van der Waals surface area contributed by atoms with Crippen LogP contribution in [-0.2, 0) is 16.2 Å². The van der Waals surface area contributed by atoms with Crippen molar-refractivity contribution in [1.29, 1.82) is 0 Å². The molecule has 0 heterocycles. The molecular weight excluding hydrogens is 220 g/mol. The van der Waals surface area contributed by atoms with Crippen molar-refractivity contribution in [3.05, 3.63) is 35.4 Å². The lowest BCUT2D eigenvalue weighted by Crippen LogP contribution is -2.00. The molecule has 0 fully saturated rings. The third-order valence-electron chi connectivity index (χ3n) is 2.16. The van der Waals surface area contributed by atoms with Gasteiger partial charge in [0.15, 0.2) is 5.78 Å². The summed E-state index contributed by atoms with van der Waals surface area (Å²) in [5, 5.41) is 18.3. The summed E-state index contributed by atoms with van der Waals surface area (Å²) in [7, 11) is 0. The van der Waals surface area contributed by atoms with E-state index in [1.165, 1.54) is 19.1 Å². The summed E-state index contributed by atoms with van der Waals surface area (Å²) in [4.78, 5) is 21.9. The SMILES string of the molecule is CC(=O)CC(=O)C=Cc1ccc(O)c(CO)c1. The van der Waals surface area contributed by atoms with Crippen LogP contribution < -0.4 is 0 Å². The first-order valence-electron chi connectivity index (χ1n) is 5.16. The van der Waals surface area contributed by atoms with Crippen molar-refractivity contribution in [3.63, 3.8) is 0 Å². The van der Waals surface area contributed by atoms with Crippen molar-refractivity contribution >= 4 is 17.6 Å². The highest BCUT2D eigenvalue weighted by atomic mass is 16.3. The zero-order chi connectivity index (χ0) is 12.8. The van der Waals surface area contributed by atoms with Crippen LogP contribution in [0, 0.1) is 0 Å². The number of hydrogen-bond acceptors (Lipinski definition) is 4. The average molecular weight is 234 g/mol. The van der Waals surface area contributed by atoms with E-state index in [-0.39, 0.29) is 30.3 Å². The Hall–Kier alpha value is -1.94. The molecule has 0 spiro atoms. The molecule has 0 amide bonds. The van der Waals surface area contributed by atoms with Gasteiger partial charge in [-0.1, -0.05) is 12.1 Å². The Balaban J connectivity index is 2.78. The van der Waals surface area contributed by atoms with Gasteiger partial charge in [0.2, 0.25) is 0 Å². The van der Waals surface area contributed by atoms with Gasteiger partial charge in [0.25, 0.3) is 0 Å². The minimum atomic E-state index is -0.269. The zero-order valence-electron chi connectivity index (χ0n) is 9.51. The Morgan fingerprint density at radius 2 is 2.06 bits per heavy atom. The van der Waals surface area contributed by atoms with Gasteiger partial charge in [0.05, 0.1) is 13.0 Å². The topological polar surface area (TPSA) is 74.6 Å². The Kier molecular flexibility index (Phi) is 4.60. The van der Waals surface area contributed by atoms with Crippen LogP contribution in [0.2, 0.25) is 0 Å². The van der Waals surface area contributed by atoms with Gasteiger partial charge in [-0.05, 0) is 30.7 Å². The van der Waals surface area contributed by atoms with Crippen molar-refractivity contribution in [2.45, 2.75) is 20.0 Å². The quantitative estimate of drug-likeness (QED) is 0.597. The zero-order valence-corrected chi connectivity index (χ0v) is 9.51. The van der Waals surface area contributed by atoms with Crippen molar-refractivity contribution < 1.29 is 19.8 Å². The number of carbonyl (C=O) groups excluding carboxylic acids is 2. The summed E-state index contributed by atoms with van der Waals surface area (Å²) < 4.78 is 0. The molecule has 0 saturated carbocycles. The predicted molar refractivity (Wildman–Crippen MR) is 63.4 cm³/mol. The first-order valence-corrected chi connectivity index (χ1v) is 5.16. The van der Waals surface area contributed by atoms with Crippen LogP contribution >= 0.6 is 0 Å². The van der Waals surface area contributed by atoms with Gasteiger partial charge in [-0.15, -0.1) is 0 Å². The monoisotopic (exact) mass is 234 g/mol. The predicted octanol–water partition coefficient (Wildman–Crippen LogP) is 1.45. The number of ketones is 2. The Morgan fingerprint density at radius 3 is 2.65 bits per heavy atom. The number of benzene rings is 1. The van der Waals surface area contributed by atoms with Gasteiger partial charge in [-0.3, -0.25) is 9.59 Å². The van der Waals surface area contributed by atoms with Gasteiger partial charge < -0.3 is 10.2 Å². The molecule has 0 unspecified atom stereocenters. The number of aliphatic hydroxyl groups excluding tert-OH is 1. The summed E-state index contributed by atoms with van der Waals surface area (Å²) in [6.45, 7) is 1.09. The van der Waals surface area contributed by atoms with Crippen LogP contribution in [0.25, 0.3) is 6.08 Å². The highest BCUT2D eigenvalue weighted by molar-refractivity contribution is 6.05. The lowest BCUT2D eigenvalue weighted by Gasteiger charge is -2.01. The van der Waals surface area contributed by atoms with Crippen LogP contribution in [0.15, 0.2) is 24.3 Å². The standard InChI is InChI=1S/C13H14O4/c1-9(15)6-12(16)4-2-10-3-5-13(17)11(7-10)8-14/h2-5,7,14,17H,6,8H2,1H3. The molecule has 0 bridgehead atoms. The van der Waals surface area contributed by atoms with Gasteiger partial charge in [0.1, 0.15) is 11.5 Å². The molecule has 0 aromatic heterocycles. The molecule has 1 rings (SSSR count). The maximum atomic E-state index is 11.2. The number of phenols is 1. The fourth-order valence-electron chi connectivity index (χ4n) is 1.33. The number of Topliss-reactive ketones (excluding diaryl/α,β-unsaturated/α-hetero) is 1. The molecule has 1 aromatic carbocycles. The largest absolute Gasteiger partial charge is 0.508 e. The van der Waals surface area contributed by atoms with Gasteiger partial charge in [-0.2, -0.15) is 0 Å². The smallest absolute Gasteiger partial charge is 0.163 e. The summed E-state index contributed by atoms with van der Waals surface area (Å²) in [5.74, 6) is -0.433. The number of aromatic hydroxyl groups is 1. The number of hydrogen-bond donors (Lipinski definition) is 2. The lowest BCUT2D eigenvalue weighted by atomic mass is 10.1. The summed E-state index contributed by atoms with van der Waals surface area (Å²) in [6, 6.07) is 4.64. The highest BCUT2D eigenvalue weighted by Gasteiger charge is 2.02. The van der Waals surface area contributed by atoms with Gasteiger partial charge in [-0.25, -0.2) is 0 Å². The Labute approximate surface area is 99.2 Å². The third-order valence-corrected chi connectivity index (χ3v) is 2.16. The molecule has 0 aliphatic rings. The van der Waals surface area contributed by atoms with E-state index in [1.54, 1.807) is 18.2 Å². The van der Waals surface area contributed by atoms with Crippen molar-refractivity contribution in [3.8, 4) is 5.75 Å². The van der Waals surface area contributed by atoms with E-state index in [1.807, 2.05) is 0 Å². The fraction of sp³-hybridized carbons (Fsp3) is 0.231. The van der Waals surface area contributed by atoms with Gasteiger partial charge >= 0.3 is 0 Å². The maximum absolute atomic E-state index is 11.2. The number of aliphatic hydroxyl groups is 1. The van der Waals surface area contributed by atoms with Crippen LogP contribution in [-0.4, -0.2) is 21.8 Å². The number of allylic oxidation sites excluding steroid dienone is 1. The maximum Gasteiger partial charge on any atom is 0.163 e. The van der Waals surface area contributed by atoms with E-state index in [0.717, 1.165) is 0 Å². The van der Waals surface area contributed by atoms with E-state index in [0.29, 0.717) is 11.1 Å². The molecule has 17 heavy (non-hydrogen) atoms. The van der Waals surface area contributed by atoms with Crippen LogP contribution in [0.1, 0.15) is 24.5 Å². The molecule has 0 radical (unpaired) electrons. The molecule has 2 N–H and O–H groups in total. The molecule has 0 aliphatic carbocycles. The summed E-state index contributed by atoms with van der Waals surface area (Å²) in [5.41, 5.74) is 1.08. The van der Waals surface area contributed by atoms with Crippen molar-refractivity contribution in [1.82, 2.24) is 0 Å². The Bertz CT molecular complexity index is 460. The minimum absolute atomic E-state index is 0.0136. The fourth-order valence-corrected chi connectivity index (χ4v) is 1.33. The van der Waals surface area contributed by atoms with Crippen molar-refractivity contribution in [2.75, 3.05) is 0 Å². The Morgan fingerprint density at radius 1 is 1.35 bits per heavy atom. The van der Waals surface area contributed by atoms with E-state index >= 15 is 0 Å². The van der Waals surface area contributed by atoms with Crippen LogP contribution in [0.4, 0.5) is 0 Å². The number of rotatable bonds is 5. The second-order valence-electron chi connectivity index (χ2n) is 3.72. The second-order valence-corrected chi connectivity index (χ2v) is 3.72. The van der Waals surface area contributed by atoms with E-state index in [4.69, 9.17) is 5.11 Å². The first kappa shape index (κ1) is 13.1. The second kappa shape index (κ2) is 5.96. The van der Waals surface area contributed by atoms with E-state index in [2.05, 4.69) is 0 Å². The minimum Gasteiger partial charge on any atom is -0.508 e. The number of carbonyl (C=O) groups is 2. The molecule has 0 saturated heterocycles. The molecule has 0 atom stereocenters. The third kappa shape index (κ3) is 4.20. The van der Waals surface area contributed by atoms with E-state index < -0.39 is 0 Å². The molecule has 4 nitrogen and oxygen atoms in total. The van der Waals surface area contributed by atoms with E-state index in [9.17, 15) is 14.7 Å². The van der Waals surface area contributed by atoms with Crippen LogP contribution in [0.5, 0.6) is 5.75 Å². The molecule has 1 aromatic rings.